The van der Waals surface area contributed by atoms with E-state index in [4.69, 9.17) is 5.73 Å². The topological polar surface area (TPSA) is 38.9 Å². The number of benzene rings is 1. The third kappa shape index (κ3) is 3.20. The molecule has 2 nitrogen and oxygen atoms in total. The number of halogens is 1. The molecule has 0 unspecified atom stereocenters. The molecule has 0 atom stereocenters. The van der Waals surface area contributed by atoms with E-state index < -0.39 is 0 Å². The highest BCUT2D eigenvalue weighted by molar-refractivity contribution is 7.98. The van der Waals surface area contributed by atoms with Gasteiger partial charge in [-0.25, -0.2) is 9.37 Å². The number of rotatable bonds is 4. The summed E-state index contributed by atoms with van der Waals surface area (Å²) in [7, 11) is 0. The van der Waals surface area contributed by atoms with Gasteiger partial charge in [-0.15, -0.1) is 23.1 Å². The molecule has 5 heteroatoms. The number of aryl methyl sites for hydroxylation is 1. The number of nitrogens with zero attached hydrogens (tertiary/aromatic N) is 1. The smallest absolute Gasteiger partial charge is 0.124 e. The molecule has 1 aromatic carbocycles. The fourth-order valence-electron chi connectivity index (χ4n) is 1.36. The molecule has 2 N–H and O–H groups in total. The fourth-order valence-corrected chi connectivity index (χ4v) is 3.09. The standard InChI is InChI=1S/C12H13FN2S2/c1-2-12-15-9(7-17-12)6-16-11-5-8(13)3-4-10(11)14/h3-5,7H,2,6,14H2,1H3. The van der Waals surface area contributed by atoms with Crippen LogP contribution in [0.25, 0.3) is 0 Å². The Bertz CT molecular complexity index is 511. The zero-order chi connectivity index (χ0) is 12.3. The molecule has 2 aromatic rings. The first kappa shape index (κ1) is 12.4. The summed E-state index contributed by atoms with van der Waals surface area (Å²) in [6, 6.07) is 4.43. The first-order valence-electron chi connectivity index (χ1n) is 5.30. The van der Waals surface area contributed by atoms with Crippen LogP contribution in [0.15, 0.2) is 28.5 Å². The van der Waals surface area contributed by atoms with Gasteiger partial charge in [-0.3, -0.25) is 0 Å². The highest BCUT2D eigenvalue weighted by Gasteiger charge is 2.05. The van der Waals surface area contributed by atoms with Crippen molar-refractivity contribution in [1.82, 2.24) is 4.98 Å². The zero-order valence-electron chi connectivity index (χ0n) is 9.44. The summed E-state index contributed by atoms with van der Waals surface area (Å²) >= 11 is 3.18. The lowest BCUT2D eigenvalue weighted by molar-refractivity contribution is 0.624. The van der Waals surface area contributed by atoms with Crippen molar-refractivity contribution in [2.24, 2.45) is 0 Å². The van der Waals surface area contributed by atoms with Gasteiger partial charge in [0, 0.05) is 21.7 Å². The molecular weight excluding hydrogens is 255 g/mol. The van der Waals surface area contributed by atoms with E-state index in [0.29, 0.717) is 5.69 Å². The summed E-state index contributed by atoms with van der Waals surface area (Å²) in [5.41, 5.74) is 7.42. The van der Waals surface area contributed by atoms with Crippen molar-refractivity contribution in [3.05, 3.63) is 40.1 Å². The molecule has 0 aliphatic heterocycles. The van der Waals surface area contributed by atoms with Gasteiger partial charge in [0.05, 0.1) is 10.7 Å². The molecule has 1 aromatic heterocycles. The van der Waals surface area contributed by atoms with Crippen LogP contribution in [0.2, 0.25) is 0 Å². The van der Waals surface area contributed by atoms with Crippen LogP contribution in [0.4, 0.5) is 10.1 Å². The second-order valence-corrected chi connectivity index (χ2v) is 5.52. The van der Waals surface area contributed by atoms with Gasteiger partial charge in [-0.1, -0.05) is 6.92 Å². The number of thiazole rings is 1. The van der Waals surface area contributed by atoms with Gasteiger partial charge in [-0.05, 0) is 24.6 Å². The predicted molar refractivity (Wildman–Crippen MR) is 71.9 cm³/mol. The van der Waals surface area contributed by atoms with E-state index in [9.17, 15) is 4.39 Å². The number of nitrogen functional groups attached to an aromatic ring is 1. The summed E-state index contributed by atoms with van der Waals surface area (Å²) in [4.78, 5) is 5.23. The second kappa shape index (κ2) is 5.51. The van der Waals surface area contributed by atoms with Crippen LogP contribution in [0.5, 0.6) is 0 Å². The number of nitrogens with two attached hydrogens (primary N) is 1. The normalized spacial score (nSPS) is 10.7. The minimum absolute atomic E-state index is 0.255. The predicted octanol–water partition coefficient (Wildman–Crippen LogP) is 3.72. The first-order valence-corrected chi connectivity index (χ1v) is 7.16. The van der Waals surface area contributed by atoms with Crippen molar-refractivity contribution in [3.63, 3.8) is 0 Å². The van der Waals surface area contributed by atoms with Crippen LogP contribution >= 0.6 is 23.1 Å². The summed E-state index contributed by atoms with van der Waals surface area (Å²) in [6.45, 7) is 2.08. The van der Waals surface area contributed by atoms with Crippen molar-refractivity contribution >= 4 is 28.8 Å². The lowest BCUT2D eigenvalue weighted by Gasteiger charge is -2.03. The fraction of sp³-hybridized carbons (Fsp3) is 0.250. The van der Waals surface area contributed by atoms with E-state index in [1.54, 1.807) is 17.4 Å². The number of anilines is 1. The van der Waals surface area contributed by atoms with Crippen LogP contribution in [-0.4, -0.2) is 4.98 Å². The third-order valence-corrected chi connectivity index (χ3v) is 4.40. The van der Waals surface area contributed by atoms with E-state index in [1.807, 2.05) is 5.38 Å². The Morgan fingerprint density at radius 2 is 2.29 bits per heavy atom. The van der Waals surface area contributed by atoms with Gasteiger partial charge in [-0.2, -0.15) is 0 Å². The first-order chi connectivity index (χ1) is 8.19. The van der Waals surface area contributed by atoms with Crippen molar-refractivity contribution in [2.75, 3.05) is 5.73 Å². The molecule has 90 valence electrons. The molecule has 0 saturated heterocycles. The molecule has 0 aliphatic carbocycles. The van der Waals surface area contributed by atoms with E-state index in [1.165, 1.54) is 23.9 Å². The van der Waals surface area contributed by atoms with Crippen LogP contribution in [0.1, 0.15) is 17.6 Å². The Balaban J connectivity index is 2.04. The maximum Gasteiger partial charge on any atom is 0.124 e. The van der Waals surface area contributed by atoms with Gasteiger partial charge in [0.2, 0.25) is 0 Å². The second-order valence-electron chi connectivity index (χ2n) is 3.56. The minimum Gasteiger partial charge on any atom is -0.398 e. The lowest BCUT2D eigenvalue weighted by atomic mass is 10.3. The van der Waals surface area contributed by atoms with Gasteiger partial charge >= 0.3 is 0 Å². The molecular formula is C12H13FN2S2. The highest BCUT2D eigenvalue weighted by Crippen LogP contribution is 2.29. The number of thioether (sulfide) groups is 1. The summed E-state index contributed by atoms with van der Waals surface area (Å²) < 4.78 is 13.0. The average Bonchev–Trinajstić information content (AvgIpc) is 2.78. The van der Waals surface area contributed by atoms with Crippen molar-refractivity contribution in [2.45, 2.75) is 24.0 Å². The molecule has 2 rings (SSSR count). The summed E-state index contributed by atoms with van der Waals surface area (Å²) in [6.07, 6.45) is 0.956. The molecule has 0 spiro atoms. The van der Waals surface area contributed by atoms with Crippen LogP contribution in [0.3, 0.4) is 0 Å². The monoisotopic (exact) mass is 268 g/mol. The molecule has 0 amide bonds. The summed E-state index contributed by atoms with van der Waals surface area (Å²) in [5, 5.41) is 3.18. The summed E-state index contributed by atoms with van der Waals surface area (Å²) in [5.74, 6) is 0.471. The molecule has 0 saturated carbocycles. The number of hydrogen-bond acceptors (Lipinski definition) is 4. The highest BCUT2D eigenvalue weighted by atomic mass is 32.2. The van der Waals surface area contributed by atoms with Gasteiger partial charge in [0.1, 0.15) is 5.82 Å². The molecule has 0 radical (unpaired) electrons. The Morgan fingerprint density at radius 3 is 3.00 bits per heavy atom. The molecule has 0 aliphatic rings. The van der Waals surface area contributed by atoms with E-state index in [-0.39, 0.29) is 5.82 Å². The SMILES string of the molecule is CCc1nc(CSc2cc(F)ccc2N)cs1. The molecule has 0 bridgehead atoms. The average molecular weight is 268 g/mol. The maximum absolute atomic E-state index is 13.0. The maximum atomic E-state index is 13.0. The minimum atomic E-state index is -0.255. The van der Waals surface area contributed by atoms with Crippen molar-refractivity contribution in [1.29, 1.82) is 0 Å². The van der Waals surface area contributed by atoms with E-state index in [0.717, 1.165) is 27.8 Å². The van der Waals surface area contributed by atoms with Gasteiger partial charge < -0.3 is 5.73 Å². The molecule has 1 heterocycles. The van der Waals surface area contributed by atoms with Crippen LogP contribution in [-0.2, 0) is 12.2 Å². The van der Waals surface area contributed by atoms with Crippen LogP contribution < -0.4 is 5.73 Å². The number of aromatic nitrogens is 1. The van der Waals surface area contributed by atoms with Crippen LogP contribution in [0, 0.1) is 5.82 Å². The van der Waals surface area contributed by atoms with Gasteiger partial charge in [0.25, 0.3) is 0 Å². The Kier molecular flexibility index (Phi) is 4.02. The number of hydrogen-bond donors (Lipinski definition) is 1. The zero-order valence-corrected chi connectivity index (χ0v) is 11.1. The molecule has 17 heavy (non-hydrogen) atoms. The largest absolute Gasteiger partial charge is 0.398 e. The Morgan fingerprint density at radius 1 is 1.47 bits per heavy atom. The van der Waals surface area contributed by atoms with E-state index in [2.05, 4.69) is 11.9 Å². The van der Waals surface area contributed by atoms with Crippen molar-refractivity contribution in [3.8, 4) is 0 Å². The third-order valence-electron chi connectivity index (χ3n) is 2.25. The van der Waals surface area contributed by atoms with E-state index >= 15 is 0 Å². The Labute approximate surface area is 108 Å². The van der Waals surface area contributed by atoms with Gasteiger partial charge in [0.15, 0.2) is 0 Å². The Hall–Kier alpha value is -1.07. The van der Waals surface area contributed by atoms with Crippen molar-refractivity contribution < 1.29 is 4.39 Å². The quantitative estimate of drug-likeness (QED) is 0.678. The lowest BCUT2D eigenvalue weighted by Crippen LogP contribution is -1.90. The molecule has 0 fully saturated rings.